The third kappa shape index (κ3) is 3.85. The Morgan fingerprint density at radius 2 is 2.17 bits per heavy atom. The highest BCUT2D eigenvalue weighted by Crippen LogP contribution is 2.27. The van der Waals surface area contributed by atoms with Crippen molar-refractivity contribution >= 4 is 6.09 Å². The zero-order chi connectivity index (χ0) is 14.0. The number of likely N-dealkylation sites (tertiary alicyclic amines) is 1. The molecule has 2 atom stereocenters. The van der Waals surface area contributed by atoms with Crippen LogP contribution in [0.4, 0.5) is 4.79 Å². The van der Waals surface area contributed by atoms with Crippen LogP contribution in [-0.2, 0) is 4.74 Å². The summed E-state index contributed by atoms with van der Waals surface area (Å²) in [5, 5.41) is 9.25. The van der Waals surface area contributed by atoms with Gasteiger partial charge in [0, 0.05) is 25.2 Å². The Morgan fingerprint density at radius 3 is 2.67 bits per heavy atom. The summed E-state index contributed by atoms with van der Waals surface area (Å²) in [7, 11) is 0. The lowest BCUT2D eigenvalue weighted by Gasteiger charge is -2.43. The molecule has 0 aliphatic carbocycles. The molecule has 1 amide bonds. The minimum absolute atomic E-state index is 0.0252. The molecule has 18 heavy (non-hydrogen) atoms. The van der Waals surface area contributed by atoms with E-state index >= 15 is 0 Å². The molecule has 5 heteroatoms. The highest BCUT2D eigenvalue weighted by atomic mass is 16.6. The standard InChI is InChI=1S/C13H26N2O3/c1-10(8-16)13(14)6-5-7-15(9-13)11(17)18-12(2,3)4/h10,16H,5-9,14H2,1-4H3. The maximum absolute atomic E-state index is 12.0. The Hall–Kier alpha value is -0.810. The molecule has 0 saturated carbocycles. The van der Waals surface area contributed by atoms with E-state index in [4.69, 9.17) is 10.5 Å². The number of hydrogen-bond donors (Lipinski definition) is 2. The Balaban J connectivity index is 2.66. The van der Waals surface area contributed by atoms with Gasteiger partial charge >= 0.3 is 6.09 Å². The summed E-state index contributed by atoms with van der Waals surface area (Å²) in [5.74, 6) is -0.0252. The fraction of sp³-hybridized carbons (Fsp3) is 0.923. The molecule has 0 aromatic heterocycles. The first kappa shape index (κ1) is 15.2. The van der Waals surface area contributed by atoms with Crippen LogP contribution in [-0.4, -0.2) is 46.9 Å². The molecule has 106 valence electrons. The molecule has 1 aliphatic heterocycles. The van der Waals surface area contributed by atoms with E-state index in [-0.39, 0.29) is 18.6 Å². The highest BCUT2D eigenvalue weighted by molar-refractivity contribution is 5.68. The van der Waals surface area contributed by atoms with Crippen molar-refractivity contribution in [2.45, 2.75) is 51.7 Å². The van der Waals surface area contributed by atoms with Crippen molar-refractivity contribution in [3.05, 3.63) is 0 Å². The minimum atomic E-state index is -0.510. The van der Waals surface area contributed by atoms with Crippen LogP contribution in [0, 0.1) is 5.92 Å². The minimum Gasteiger partial charge on any atom is -0.444 e. The van der Waals surface area contributed by atoms with E-state index in [1.807, 2.05) is 27.7 Å². The molecule has 0 spiro atoms. The number of ether oxygens (including phenoxy) is 1. The summed E-state index contributed by atoms with van der Waals surface area (Å²) < 4.78 is 5.35. The number of aliphatic hydroxyl groups excluding tert-OH is 1. The Labute approximate surface area is 109 Å². The largest absolute Gasteiger partial charge is 0.444 e. The first-order valence-corrected chi connectivity index (χ1v) is 6.55. The van der Waals surface area contributed by atoms with Gasteiger partial charge in [0.15, 0.2) is 0 Å². The monoisotopic (exact) mass is 258 g/mol. The smallest absolute Gasteiger partial charge is 0.410 e. The lowest BCUT2D eigenvalue weighted by molar-refractivity contribution is 0.00622. The number of aliphatic hydroxyl groups is 1. The molecule has 1 heterocycles. The molecular weight excluding hydrogens is 232 g/mol. The molecule has 3 N–H and O–H groups in total. The van der Waals surface area contributed by atoms with Crippen molar-refractivity contribution in [3.63, 3.8) is 0 Å². The fourth-order valence-corrected chi connectivity index (χ4v) is 2.18. The molecule has 0 radical (unpaired) electrons. The summed E-state index contributed by atoms with van der Waals surface area (Å²) in [6, 6.07) is 0. The van der Waals surface area contributed by atoms with Crippen molar-refractivity contribution in [1.82, 2.24) is 4.90 Å². The van der Waals surface area contributed by atoms with Gasteiger partial charge < -0.3 is 20.5 Å². The second kappa shape index (κ2) is 5.45. The van der Waals surface area contributed by atoms with Gasteiger partial charge in [0.25, 0.3) is 0 Å². The average molecular weight is 258 g/mol. The number of carbonyl (C=O) groups is 1. The number of amides is 1. The molecule has 5 nitrogen and oxygen atoms in total. The van der Waals surface area contributed by atoms with E-state index in [1.165, 1.54) is 0 Å². The number of carbonyl (C=O) groups excluding carboxylic acids is 1. The molecule has 0 aromatic carbocycles. The van der Waals surface area contributed by atoms with Gasteiger partial charge in [-0.05, 0) is 39.5 Å². The maximum Gasteiger partial charge on any atom is 0.410 e. The van der Waals surface area contributed by atoms with Gasteiger partial charge in [-0.2, -0.15) is 0 Å². The van der Waals surface area contributed by atoms with Crippen LogP contribution < -0.4 is 5.73 Å². The van der Waals surface area contributed by atoms with E-state index in [0.29, 0.717) is 13.1 Å². The van der Waals surface area contributed by atoms with Gasteiger partial charge in [0.1, 0.15) is 5.60 Å². The van der Waals surface area contributed by atoms with E-state index in [1.54, 1.807) is 4.90 Å². The van der Waals surface area contributed by atoms with E-state index in [2.05, 4.69) is 0 Å². The third-order valence-electron chi connectivity index (χ3n) is 3.46. The van der Waals surface area contributed by atoms with Crippen LogP contribution >= 0.6 is 0 Å². The van der Waals surface area contributed by atoms with Crippen molar-refractivity contribution in [3.8, 4) is 0 Å². The molecule has 1 saturated heterocycles. The summed E-state index contributed by atoms with van der Waals surface area (Å²) in [6.45, 7) is 8.62. The van der Waals surface area contributed by atoms with E-state index in [9.17, 15) is 9.90 Å². The molecular formula is C13H26N2O3. The molecule has 2 unspecified atom stereocenters. The van der Waals surface area contributed by atoms with Crippen molar-refractivity contribution in [2.24, 2.45) is 11.7 Å². The molecule has 1 rings (SSSR count). The lowest BCUT2D eigenvalue weighted by Crippen LogP contribution is -2.60. The van der Waals surface area contributed by atoms with E-state index in [0.717, 1.165) is 12.8 Å². The van der Waals surface area contributed by atoms with Crippen molar-refractivity contribution in [2.75, 3.05) is 19.7 Å². The van der Waals surface area contributed by atoms with Gasteiger partial charge in [-0.3, -0.25) is 0 Å². The normalized spacial score (nSPS) is 26.9. The Kier molecular flexibility index (Phi) is 4.61. The second-order valence-corrected chi connectivity index (χ2v) is 6.32. The topological polar surface area (TPSA) is 75.8 Å². The zero-order valence-electron chi connectivity index (χ0n) is 11.9. The first-order chi connectivity index (χ1) is 8.18. The fourth-order valence-electron chi connectivity index (χ4n) is 2.18. The summed E-state index contributed by atoms with van der Waals surface area (Å²) in [6.07, 6.45) is 1.36. The summed E-state index contributed by atoms with van der Waals surface area (Å²) >= 11 is 0. The van der Waals surface area contributed by atoms with Crippen LogP contribution in [0.15, 0.2) is 0 Å². The molecule has 1 aliphatic rings. The van der Waals surface area contributed by atoms with Gasteiger partial charge in [-0.25, -0.2) is 4.79 Å². The number of hydrogen-bond acceptors (Lipinski definition) is 4. The second-order valence-electron chi connectivity index (χ2n) is 6.32. The SMILES string of the molecule is CC(CO)C1(N)CCCN(C(=O)OC(C)(C)C)C1. The van der Waals surface area contributed by atoms with Crippen LogP contribution in [0.1, 0.15) is 40.5 Å². The van der Waals surface area contributed by atoms with Crippen LogP contribution in [0.3, 0.4) is 0 Å². The molecule has 0 aromatic rings. The molecule has 0 bridgehead atoms. The van der Waals surface area contributed by atoms with E-state index < -0.39 is 11.1 Å². The summed E-state index contributed by atoms with van der Waals surface area (Å²) in [4.78, 5) is 13.7. The lowest BCUT2D eigenvalue weighted by atomic mass is 9.80. The van der Waals surface area contributed by atoms with Crippen LogP contribution in [0.25, 0.3) is 0 Å². The van der Waals surface area contributed by atoms with Gasteiger partial charge in [0.2, 0.25) is 0 Å². The number of rotatable bonds is 2. The number of piperidine rings is 1. The van der Waals surface area contributed by atoms with Crippen molar-refractivity contribution in [1.29, 1.82) is 0 Å². The third-order valence-corrected chi connectivity index (χ3v) is 3.46. The van der Waals surface area contributed by atoms with Gasteiger partial charge in [-0.15, -0.1) is 0 Å². The predicted octanol–water partition coefficient (Wildman–Crippen LogP) is 1.34. The van der Waals surface area contributed by atoms with Gasteiger partial charge in [0.05, 0.1) is 0 Å². The number of nitrogens with two attached hydrogens (primary N) is 1. The van der Waals surface area contributed by atoms with Crippen LogP contribution in [0.2, 0.25) is 0 Å². The summed E-state index contributed by atoms with van der Waals surface area (Å²) in [5.41, 5.74) is 5.29. The Bertz CT molecular complexity index is 301. The van der Waals surface area contributed by atoms with Gasteiger partial charge in [-0.1, -0.05) is 6.92 Å². The Morgan fingerprint density at radius 1 is 1.56 bits per heavy atom. The predicted molar refractivity (Wildman–Crippen MR) is 70.2 cm³/mol. The quantitative estimate of drug-likeness (QED) is 0.784. The van der Waals surface area contributed by atoms with Crippen LogP contribution in [0.5, 0.6) is 0 Å². The maximum atomic E-state index is 12.0. The first-order valence-electron chi connectivity index (χ1n) is 6.55. The zero-order valence-corrected chi connectivity index (χ0v) is 11.9. The van der Waals surface area contributed by atoms with Crippen molar-refractivity contribution < 1.29 is 14.6 Å². The highest BCUT2D eigenvalue weighted by Gasteiger charge is 2.39. The number of nitrogens with zero attached hydrogens (tertiary/aromatic N) is 1. The molecule has 1 fully saturated rings. The average Bonchev–Trinajstić information content (AvgIpc) is 2.25.